The van der Waals surface area contributed by atoms with E-state index in [9.17, 15) is 9.59 Å². The van der Waals surface area contributed by atoms with E-state index in [-0.39, 0.29) is 0 Å². The van der Waals surface area contributed by atoms with Gasteiger partial charge in [0.2, 0.25) is 0 Å². The topological polar surface area (TPSA) is 48.3 Å². The molecule has 0 N–H and O–H groups in total. The van der Waals surface area contributed by atoms with E-state index in [2.05, 4.69) is 4.74 Å². The molecule has 0 saturated carbocycles. The number of benzene rings is 1. The summed E-state index contributed by atoms with van der Waals surface area (Å²) in [5.41, 5.74) is 1.29. The highest BCUT2D eigenvalue weighted by atomic mass is 16.5. The lowest BCUT2D eigenvalue weighted by Crippen LogP contribution is -2.15. The van der Waals surface area contributed by atoms with Gasteiger partial charge in [0, 0.05) is 24.1 Å². The molecule has 0 radical (unpaired) electrons. The lowest BCUT2D eigenvalue weighted by molar-refractivity contribution is -0.135. The third-order valence-corrected chi connectivity index (χ3v) is 2.51. The van der Waals surface area contributed by atoms with Crippen molar-refractivity contribution >= 4 is 22.7 Å². The summed E-state index contributed by atoms with van der Waals surface area (Å²) in [6, 6.07) is 7.42. The van der Waals surface area contributed by atoms with Gasteiger partial charge < -0.3 is 9.30 Å². The summed E-state index contributed by atoms with van der Waals surface area (Å²) in [5.74, 6) is -1.45. The van der Waals surface area contributed by atoms with E-state index in [1.807, 2.05) is 63.6 Å². The van der Waals surface area contributed by atoms with Gasteiger partial charge in [-0.3, -0.25) is 4.79 Å². The fourth-order valence-electron chi connectivity index (χ4n) is 1.73. The van der Waals surface area contributed by atoms with Gasteiger partial charge in [-0.15, -0.1) is 0 Å². The van der Waals surface area contributed by atoms with Gasteiger partial charge in [-0.05, 0) is 6.07 Å². The van der Waals surface area contributed by atoms with Crippen LogP contribution in [0.25, 0.3) is 10.9 Å². The van der Waals surface area contributed by atoms with Crippen LogP contribution in [-0.4, -0.2) is 23.4 Å². The summed E-state index contributed by atoms with van der Waals surface area (Å²) in [6.07, 6.45) is 1.64. The summed E-state index contributed by atoms with van der Waals surface area (Å²) in [7, 11) is 3.03. The molecule has 20 heavy (non-hydrogen) atoms. The van der Waals surface area contributed by atoms with Gasteiger partial charge in [0.05, 0.1) is 12.7 Å². The van der Waals surface area contributed by atoms with E-state index in [0.29, 0.717) is 5.56 Å². The molecule has 1 aromatic carbocycles. The molecule has 0 aliphatic heterocycles. The van der Waals surface area contributed by atoms with Gasteiger partial charge in [-0.1, -0.05) is 45.9 Å². The second-order valence-corrected chi connectivity index (χ2v) is 3.49. The van der Waals surface area contributed by atoms with Crippen LogP contribution < -0.4 is 0 Å². The maximum absolute atomic E-state index is 11.7. The maximum Gasteiger partial charge on any atom is 0.379 e. The fourth-order valence-corrected chi connectivity index (χ4v) is 1.73. The van der Waals surface area contributed by atoms with E-state index in [0.717, 1.165) is 10.9 Å². The van der Waals surface area contributed by atoms with Crippen LogP contribution in [0.15, 0.2) is 30.5 Å². The number of hydrogen-bond acceptors (Lipinski definition) is 3. The highest BCUT2D eigenvalue weighted by molar-refractivity contribution is 6.42. The van der Waals surface area contributed by atoms with Crippen molar-refractivity contribution in [3.8, 4) is 0 Å². The first-order valence-corrected chi connectivity index (χ1v) is 6.82. The van der Waals surface area contributed by atoms with E-state index in [4.69, 9.17) is 0 Å². The Morgan fingerprint density at radius 3 is 2.15 bits per heavy atom. The normalized spacial score (nSPS) is 8.90. The molecule has 1 aromatic heterocycles. The number of hydrogen-bond donors (Lipinski definition) is 0. The molecule has 2 aromatic rings. The number of rotatable bonds is 2. The first kappa shape index (κ1) is 17.9. The van der Waals surface area contributed by atoms with Crippen molar-refractivity contribution in [1.82, 2.24) is 4.57 Å². The number of fused-ring (bicyclic) bond motifs is 1. The monoisotopic (exact) mass is 277 g/mol. The Hall–Kier alpha value is -2.10. The zero-order chi connectivity index (χ0) is 15.7. The largest absolute Gasteiger partial charge is 0.463 e. The van der Waals surface area contributed by atoms with Gasteiger partial charge in [0.25, 0.3) is 5.78 Å². The summed E-state index contributed by atoms with van der Waals surface area (Å²) in [6.45, 7) is 8.00. The van der Waals surface area contributed by atoms with E-state index in [1.54, 1.807) is 6.20 Å². The standard InChI is InChI=1S/C12H11NO3.2C2H6/c1-13-7-9(11(14)12(15)16-2)8-5-3-4-6-10(8)13;2*1-2/h3-7H,1-2H3;2*1-2H3. The summed E-state index contributed by atoms with van der Waals surface area (Å²) in [4.78, 5) is 22.9. The number of carbonyl (C=O) groups is 2. The van der Waals surface area contributed by atoms with Crippen molar-refractivity contribution in [1.29, 1.82) is 0 Å². The summed E-state index contributed by atoms with van der Waals surface area (Å²) >= 11 is 0. The van der Waals surface area contributed by atoms with E-state index < -0.39 is 11.8 Å². The molecule has 4 nitrogen and oxygen atoms in total. The maximum atomic E-state index is 11.7. The number of methoxy groups -OCH3 is 1. The van der Waals surface area contributed by atoms with Crippen LogP contribution in [0.4, 0.5) is 0 Å². The highest BCUT2D eigenvalue weighted by Crippen LogP contribution is 2.20. The zero-order valence-corrected chi connectivity index (χ0v) is 13.1. The third-order valence-electron chi connectivity index (χ3n) is 2.51. The van der Waals surface area contributed by atoms with Crippen LogP contribution in [0.3, 0.4) is 0 Å². The number of aryl methyl sites for hydroxylation is 1. The lowest BCUT2D eigenvalue weighted by atomic mass is 10.1. The minimum Gasteiger partial charge on any atom is -0.463 e. The number of ether oxygens (including phenoxy) is 1. The molecular weight excluding hydrogens is 254 g/mol. The summed E-state index contributed by atoms with van der Waals surface area (Å²) in [5, 5.41) is 0.764. The Kier molecular flexibility index (Phi) is 7.97. The van der Waals surface area contributed by atoms with Crippen LogP contribution in [0, 0.1) is 0 Å². The first-order valence-electron chi connectivity index (χ1n) is 6.82. The molecule has 0 spiro atoms. The SMILES string of the molecule is CC.CC.COC(=O)C(=O)c1cn(C)c2ccccc12. The van der Waals surface area contributed by atoms with Crippen molar-refractivity contribution in [3.63, 3.8) is 0 Å². The van der Waals surface area contributed by atoms with Crippen molar-refractivity contribution in [2.45, 2.75) is 27.7 Å². The minimum absolute atomic E-state index is 0.380. The summed E-state index contributed by atoms with van der Waals surface area (Å²) < 4.78 is 6.24. The molecule has 0 aliphatic rings. The Balaban J connectivity index is 0.000000829. The lowest BCUT2D eigenvalue weighted by Gasteiger charge is -1.96. The Bertz CT molecular complexity index is 570. The Morgan fingerprint density at radius 1 is 1.05 bits per heavy atom. The molecule has 0 bridgehead atoms. The van der Waals surface area contributed by atoms with Crippen molar-refractivity contribution < 1.29 is 14.3 Å². The molecule has 0 amide bonds. The Morgan fingerprint density at radius 2 is 1.60 bits per heavy atom. The molecule has 0 saturated heterocycles. The predicted octanol–water partition coefficient (Wildman–Crippen LogP) is 3.59. The van der Waals surface area contributed by atoms with Crippen LogP contribution in [-0.2, 0) is 16.6 Å². The molecule has 1 heterocycles. The molecule has 2 rings (SSSR count). The van der Waals surface area contributed by atoms with Crippen molar-refractivity contribution in [3.05, 3.63) is 36.0 Å². The van der Waals surface area contributed by atoms with Crippen molar-refractivity contribution in [2.75, 3.05) is 7.11 Å². The first-order chi connectivity index (χ1) is 9.65. The van der Waals surface area contributed by atoms with Crippen LogP contribution in [0.2, 0.25) is 0 Å². The highest BCUT2D eigenvalue weighted by Gasteiger charge is 2.20. The molecule has 0 unspecified atom stereocenters. The smallest absolute Gasteiger partial charge is 0.379 e. The van der Waals surface area contributed by atoms with Crippen molar-refractivity contribution in [2.24, 2.45) is 7.05 Å². The van der Waals surface area contributed by atoms with Gasteiger partial charge in [-0.25, -0.2) is 4.79 Å². The second kappa shape index (κ2) is 8.91. The number of Topliss-reactive ketones (excluding diaryl/α,β-unsaturated/α-hetero) is 1. The average Bonchev–Trinajstić information content (AvgIpc) is 2.87. The van der Waals surface area contributed by atoms with Gasteiger partial charge in [0.1, 0.15) is 0 Å². The number of aromatic nitrogens is 1. The van der Waals surface area contributed by atoms with Gasteiger partial charge >= 0.3 is 5.97 Å². The average molecular weight is 277 g/mol. The number of carbonyl (C=O) groups excluding carboxylic acids is 2. The molecule has 0 fully saturated rings. The number of esters is 1. The van der Waals surface area contributed by atoms with Gasteiger partial charge in [-0.2, -0.15) is 0 Å². The molecular formula is C16H23NO3. The van der Waals surface area contributed by atoms with Crippen LogP contribution in [0.5, 0.6) is 0 Å². The van der Waals surface area contributed by atoms with Gasteiger partial charge in [0.15, 0.2) is 0 Å². The number of ketones is 1. The molecule has 4 heteroatoms. The quantitative estimate of drug-likeness (QED) is 0.479. The Labute approximate surface area is 120 Å². The zero-order valence-electron chi connectivity index (χ0n) is 13.1. The van der Waals surface area contributed by atoms with E-state index in [1.165, 1.54) is 7.11 Å². The van der Waals surface area contributed by atoms with Crippen LogP contribution >= 0.6 is 0 Å². The van der Waals surface area contributed by atoms with E-state index >= 15 is 0 Å². The van der Waals surface area contributed by atoms with Crippen LogP contribution in [0.1, 0.15) is 38.1 Å². The number of nitrogens with zero attached hydrogens (tertiary/aromatic N) is 1. The number of para-hydroxylation sites is 1. The fraction of sp³-hybridized carbons (Fsp3) is 0.375. The third kappa shape index (κ3) is 3.70. The molecule has 110 valence electrons. The molecule has 0 aliphatic carbocycles. The molecule has 0 atom stereocenters. The second-order valence-electron chi connectivity index (χ2n) is 3.49. The predicted molar refractivity (Wildman–Crippen MR) is 82.0 cm³/mol. The minimum atomic E-state index is -0.837.